The molecule has 2 aromatic heterocycles. The summed E-state index contributed by atoms with van der Waals surface area (Å²) < 4.78 is 10.5. The fourth-order valence-electron chi connectivity index (χ4n) is 1.35. The Kier molecular flexibility index (Phi) is 3.77. The summed E-state index contributed by atoms with van der Waals surface area (Å²) in [5, 5.41) is 2.04. The molecule has 0 spiro atoms. The third-order valence-electron chi connectivity index (χ3n) is 2.17. The van der Waals surface area contributed by atoms with Gasteiger partial charge in [-0.3, -0.25) is 0 Å². The van der Waals surface area contributed by atoms with Gasteiger partial charge < -0.3 is 15.2 Å². The van der Waals surface area contributed by atoms with Crippen molar-refractivity contribution in [1.82, 2.24) is 9.97 Å². The monoisotopic (exact) mass is 251 g/mol. The van der Waals surface area contributed by atoms with Crippen LogP contribution in [0.15, 0.2) is 23.8 Å². The number of hydrogen-bond acceptors (Lipinski definition) is 6. The molecule has 0 aliphatic rings. The average Bonchev–Trinajstić information content (AvgIpc) is 2.84. The Morgan fingerprint density at radius 1 is 1.35 bits per heavy atom. The topological polar surface area (TPSA) is 70.3 Å². The maximum Gasteiger partial charge on any atom is 0.244 e. The molecule has 0 radical (unpaired) electrons. The van der Waals surface area contributed by atoms with Gasteiger partial charge in [0, 0.05) is 11.3 Å². The van der Waals surface area contributed by atoms with Crippen molar-refractivity contribution in [3.63, 3.8) is 0 Å². The van der Waals surface area contributed by atoms with Crippen molar-refractivity contribution in [2.24, 2.45) is 0 Å². The zero-order valence-corrected chi connectivity index (χ0v) is 10.2. The van der Waals surface area contributed by atoms with E-state index in [-0.39, 0.29) is 0 Å². The molecule has 0 bridgehead atoms. The summed E-state index contributed by atoms with van der Waals surface area (Å²) in [6.07, 6.45) is 2.21. The van der Waals surface area contributed by atoms with Gasteiger partial charge in [-0.1, -0.05) is 6.07 Å². The highest BCUT2D eigenvalue weighted by molar-refractivity contribution is 7.09. The third kappa shape index (κ3) is 2.85. The lowest BCUT2D eigenvalue weighted by molar-refractivity contribution is 0.307. The van der Waals surface area contributed by atoms with Gasteiger partial charge in [0.1, 0.15) is 6.33 Å². The van der Waals surface area contributed by atoms with Crippen LogP contribution in [0.2, 0.25) is 0 Å². The van der Waals surface area contributed by atoms with E-state index in [1.807, 2.05) is 11.4 Å². The molecule has 2 rings (SSSR count). The van der Waals surface area contributed by atoms with Crippen LogP contribution in [0.3, 0.4) is 0 Å². The highest BCUT2D eigenvalue weighted by atomic mass is 32.1. The normalized spacial score (nSPS) is 10.2. The molecule has 0 amide bonds. The molecule has 2 aromatic rings. The van der Waals surface area contributed by atoms with Gasteiger partial charge in [0.2, 0.25) is 11.8 Å². The number of hydrogen-bond donors (Lipinski definition) is 1. The lowest BCUT2D eigenvalue weighted by Crippen LogP contribution is -2.06. The van der Waals surface area contributed by atoms with Crippen molar-refractivity contribution in [2.75, 3.05) is 19.5 Å². The van der Waals surface area contributed by atoms with Crippen molar-refractivity contribution in [1.29, 1.82) is 0 Å². The van der Waals surface area contributed by atoms with E-state index in [0.29, 0.717) is 24.1 Å². The SMILES string of the molecule is COc1ncnc(OCCc2cccs2)c1N. The second-order valence-electron chi connectivity index (χ2n) is 3.28. The van der Waals surface area contributed by atoms with Crippen LogP contribution in [0.5, 0.6) is 11.8 Å². The fourth-order valence-corrected chi connectivity index (χ4v) is 2.04. The quantitative estimate of drug-likeness (QED) is 0.876. The van der Waals surface area contributed by atoms with Gasteiger partial charge in [-0.2, -0.15) is 9.97 Å². The predicted octanol–water partition coefficient (Wildman–Crippen LogP) is 1.75. The van der Waals surface area contributed by atoms with Crippen LogP contribution >= 0.6 is 11.3 Å². The average molecular weight is 251 g/mol. The van der Waals surface area contributed by atoms with Crippen LogP contribution in [0.4, 0.5) is 5.69 Å². The van der Waals surface area contributed by atoms with Gasteiger partial charge in [-0.25, -0.2) is 0 Å². The van der Waals surface area contributed by atoms with Crippen molar-refractivity contribution < 1.29 is 9.47 Å². The minimum absolute atomic E-state index is 0.334. The Balaban J connectivity index is 1.95. The van der Waals surface area contributed by atoms with Gasteiger partial charge in [-0.15, -0.1) is 11.3 Å². The minimum Gasteiger partial charge on any atom is -0.479 e. The minimum atomic E-state index is 0.334. The molecule has 0 saturated heterocycles. The molecular formula is C11H13N3O2S. The molecule has 0 atom stereocenters. The summed E-state index contributed by atoms with van der Waals surface area (Å²) in [6.45, 7) is 0.533. The molecule has 5 nitrogen and oxygen atoms in total. The number of aromatic nitrogens is 2. The highest BCUT2D eigenvalue weighted by Crippen LogP contribution is 2.26. The van der Waals surface area contributed by atoms with Crippen molar-refractivity contribution >= 4 is 17.0 Å². The number of ether oxygens (including phenoxy) is 2. The van der Waals surface area contributed by atoms with E-state index in [1.54, 1.807) is 11.3 Å². The Bertz CT molecular complexity index is 474. The van der Waals surface area contributed by atoms with E-state index in [1.165, 1.54) is 18.3 Å². The second kappa shape index (κ2) is 5.49. The Morgan fingerprint density at radius 2 is 2.18 bits per heavy atom. The fraction of sp³-hybridized carbons (Fsp3) is 0.273. The Morgan fingerprint density at radius 3 is 2.88 bits per heavy atom. The summed E-state index contributed by atoms with van der Waals surface area (Å²) in [5.41, 5.74) is 6.12. The molecule has 0 unspecified atom stereocenters. The van der Waals surface area contributed by atoms with Crippen LogP contribution in [0.25, 0.3) is 0 Å². The number of nitrogens with two attached hydrogens (primary N) is 1. The summed E-state index contributed by atoms with van der Waals surface area (Å²) in [7, 11) is 1.51. The second-order valence-corrected chi connectivity index (χ2v) is 4.31. The lowest BCUT2D eigenvalue weighted by atomic mass is 10.4. The van der Waals surface area contributed by atoms with Gasteiger partial charge in [0.15, 0.2) is 5.69 Å². The van der Waals surface area contributed by atoms with Gasteiger partial charge in [0.25, 0.3) is 0 Å². The van der Waals surface area contributed by atoms with E-state index in [9.17, 15) is 0 Å². The highest BCUT2D eigenvalue weighted by Gasteiger charge is 2.09. The molecule has 0 fully saturated rings. The predicted molar refractivity (Wildman–Crippen MR) is 66.5 cm³/mol. The Labute approximate surface area is 103 Å². The smallest absolute Gasteiger partial charge is 0.244 e. The van der Waals surface area contributed by atoms with E-state index in [0.717, 1.165) is 6.42 Å². The maximum absolute atomic E-state index is 5.78. The largest absolute Gasteiger partial charge is 0.479 e. The molecule has 0 aliphatic carbocycles. The standard InChI is InChI=1S/C11H13N3O2S/c1-15-10-9(12)11(14-7-13-10)16-5-4-8-3-2-6-17-8/h2-3,6-7H,4-5,12H2,1H3. The van der Waals surface area contributed by atoms with Crippen molar-refractivity contribution in [3.8, 4) is 11.8 Å². The van der Waals surface area contributed by atoms with Crippen molar-refractivity contribution in [2.45, 2.75) is 6.42 Å². The number of nitrogens with zero attached hydrogens (tertiary/aromatic N) is 2. The van der Waals surface area contributed by atoms with Crippen LogP contribution in [0.1, 0.15) is 4.88 Å². The number of rotatable bonds is 5. The van der Waals surface area contributed by atoms with Crippen LogP contribution < -0.4 is 15.2 Å². The summed E-state index contributed by atoms with van der Waals surface area (Å²) in [6, 6.07) is 4.08. The van der Waals surface area contributed by atoms with Crippen molar-refractivity contribution in [3.05, 3.63) is 28.7 Å². The first kappa shape index (κ1) is 11.7. The number of methoxy groups -OCH3 is 1. The third-order valence-corrected chi connectivity index (χ3v) is 3.11. The van der Waals surface area contributed by atoms with Crippen LogP contribution in [0, 0.1) is 0 Å². The van der Waals surface area contributed by atoms with Gasteiger partial charge in [0.05, 0.1) is 13.7 Å². The number of thiophene rings is 1. The zero-order valence-electron chi connectivity index (χ0n) is 9.42. The summed E-state index contributed by atoms with van der Waals surface area (Å²) >= 11 is 1.70. The van der Waals surface area contributed by atoms with E-state index >= 15 is 0 Å². The zero-order chi connectivity index (χ0) is 12.1. The molecular weight excluding hydrogens is 238 g/mol. The summed E-state index contributed by atoms with van der Waals surface area (Å²) in [4.78, 5) is 9.12. The van der Waals surface area contributed by atoms with E-state index in [4.69, 9.17) is 15.2 Å². The molecule has 2 heterocycles. The molecule has 0 aliphatic heterocycles. The first-order valence-corrected chi connectivity index (χ1v) is 5.99. The number of nitrogen functional groups attached to an aromatic ring is 1. The van der Waals surface area contributed by atoms with Gasteiger partial charge >= 0.3 is 0 Å². The molecule has 6 heteroatoms. The molecule has 0 aromatic carbocycles. The van der Waals surface area contributed by atoms with Crippen LogP contribution in [-0.4, -0.2) is 23.7 Å². The lowest BCUT2D eigenvalue weighted by Gasteiger charge is -2.08. The molecule has 17 heavy (non-hydrogen) atoms. The van der Waals surface area contributed by atoms with Gasteiger partial charge in [-0.05, 0) is 11.4 Å². The van der Waals surface area contributed by atoms with Crippen LogP contribution in [-0.2, 0) is 6.42 Å². The molecule has 0 saturated carbocycles. The maximum atomic E-state index is 5.78. The first-order chi connectivity index (χ1) is 8.31. The first-order valence-electron chi connectivity index (χ1n) is 5.11. The molecule has 90 valence electrons. The van der Waals surface area contributed by atoms with E-state index < -0.39 is 0 Å². The van der Waals surface area contributed by atoms with E-state index in [2.05, 4.69) is 16.0 Å². The number of anilines is 1. The summed E-state index contributed by atoms with van der Waals surface area (Å²) in [5.74, 6) is 0.708. The Hall–Kier alpha value is -1.82. The molecule has 2 N–H and O–H groups in total.